The van der Waals surface area contributed by atoms with Gasteiger partial charge in [-0.25, -0.2) is 9.67 Å². The summed E-state index contributed by atoms with van der Waals surface area (Å²) in [7, 11) is 3.51. The quantitative estimate of drug-likeness (QED) is 0.383. The molecule has 11 nitrogen and oxygen atoms in total. The van der Waals surface area contributed by atoms with Gasteiger partial charge in [0.2, 0.25) is 5.88 Å². The Morgan fingerprint density at radius 3 is 2.59 bits per heavy atom. The van der Waals surface area contributed by atoms with Gasteiger partial charge >= 0.3 is 0 Å². The van der Waals surface area contributed by atoms with Gasteiger partial charge in [-0.05, 0) is 37.8 Å². The fraction of sp³-hybridized carbons (Fsp3) is 0.464. The van der Waals surface area contributed by atoms with Crippen LogP contribution in [0.15, 0.2) is 47.5 Å². The average molecular weight is 533 g/mol. The second kappa shape index (κ2) is 11.1. The molecule has 2 fully saturated rings. The van der Waals surface area contributed by atoms with Gasteiger partial charge in [-0.1, -0.05) is 0 Å². The SMILES string of the molecule is CNc1cc2c(cn1)c(-c1ccc(CN3CCOCC3)nc1)nn2C1CCC(Oc2ccc(=O)n(C)n2)CC1.[HH]. The molecule has 11 heteroatoms. The molecule has 1 saturated carbocycles. The van der Waals surface area contributed by atoms with Gasteiger partial charge in [-0.2, -0.15) is 5.10 Å². The molecule has 1 saturated heterocycles. The molecular weight excluding hydrogens is 496 g/mol. The number of morpholine rings is 1. The number of hydrogen-bond donors (Lipinski definition) is 1. The number of pyridine rings is 2. The van der Waals surface area contributed by atoms with Crippen LogP contribution in [0.25, 0.3) is 22.2 Å². The van der Waals surface area contributed by atoms with Crippen molar-refractivity contribution in [2.75, 3.05) is 38.7 Å². The number of nitrogens with one attached hydrogen (secondary N) is 1. The Hall–Kier alpha value is -3.83. The molecule has 1 aliphatic carbocycles. The highest BCUT2D eigenvalue weighted by atomic mass is 16.5. The monoisotopic (exact) mass is 532 g/mol. The van der Waals surface area contributed by atoms with Crippen LogP contribution in [0.2, 0.25) is 0 Å². The largest absolute Gasteiger partial charge is 0.473 e. The van der Waals surface area contributed by atoms with Crippen LogP contribution >= 0.6 is 0 Å². The number of fused-ring (bicyclic) bond motifs is 1. The highest BCUT2D eigenvalue weighted by Crippen LogP contribution is 2.36. The Labute approximate surface area is 228 Å². The number of aryl methyl sites for hydroxylation is 1. The Morgan fingerprint density at radius 2 is 1.87 bits per heavy atom. The highest BCUT2D eigenvalue weighted by Gasteiger charge is 2.27. The molecule has 0 bridgehead atoms. The zero-order chi connectivity index (χ0) is 26.8. The zero-order valence-corrected chi connectivity index (χ0v) is 22.4. The van der Waals surface area contributed by atoms with Crippen LogP contribution in [0.3, 0.4) is 0 Å². The number of hydrogen-bond acceptors (Lipinski definition) is 9. The fourth-order valence-corrected chi connectivity index (χ4v) is 5.43. The summed E-state index contributed by atoms with van der Waals surface area (Å²) in [6, 6.07) is 9.67. The Morgan fingerprint density at radius 1 is 1.05 bits per heavy atom. The first kappa shape index (κ1) is 25.4. The van der Waals surface area contributed by atoms with Gasteiger partial charge in [0.15, 0.2) is 0 Å². The molecule has 1 N–H and O–H groups in total. The van der Waals surface area contributed by atoms with Gasteiger partial charge in [0.25, 0.3) is 5.56 Å². The summed E-state index contributed by atoms with van der Waals surface area (Å²) >= 11 is 0. The summed E-state index contributed by atoms with van der Waals surface area (Å²) in [5.41, 5.74) is 3.85. The lowest BCUT2D eigenvalue weighted by atomic mass is 9.93. The fourth-order valence-electron chi connectivity index (χ4n) is 5.43. The second-order valence-electron chi connectivity index (χ2n) is 10.2. The number of rotatable bonds is 7. The van der Waals surface area contributed by atoms with Gasteiger partial charge in [0.1, 0.15) is 17.6 Å². The predicted octanol–water partition coefficient (Wildman–Crippen LogP) is 3.27. The van der Waals surface area contributed by atoms with E-state index in [0.717, 1.165) is 92.2 Å². The van der Waals surface area contributed by atoms with Crippen molar-refractivity contribution in [2.45, 2.75) is 44.4 Å². The lowest BCUT2D eigenvalue weighted by Crippen LogP contribution is -2.35. The summed E-state index contributed by atoms with van der Waals surface area (Å²) in [6.45, 7) is 4.26. The summed E-state index contributed by atoms with van der Waals surface area (Å²) < 4.78 is 15.0. The minimum absolute atomic E-state index is 0. The summed E-state index contributed by atoms with van der Waals surface area (Å²) in [6.07, 6.45) is 7.52. The topological polar surface area (TPSA) is 112 Å². The van der Waals surface area contributed by atoms with Crippen molar-refractivity contribution in [1.29, 1.82) is 0 Å². The molecule has 4 aromatic heterocycles. The molecule has 5 heterocycles. The van der Waals surface area contributed by atoms with Crippen LogP contribution in [0.5, 0.6) is 5.88 Å². The van der Waals surface area contributed by atoms with Crippen LogP contribution in [-0.2, 0) is 18.3 Å². The maximum Gasteiger partial charge on any atom is 0.266 e. The molecule has 0 unspecified atom stereocenters. The van der Waals surface area contributed by atoms with Crippen molar-refractivity contribution in [3.8, 4) is 17.1 Å². The van der Waals surface area contributed by atoms with E-state index in [4.69, 9.17) is 19.6 Å². The van der Waals surface area contributed by atoms with E-state index in [1.54, 1.807) is 13.1 Å². The van der Waals surface area contributed by atoms with Crippen LogP contribution < -0.4 is 15.6 Å². The first-order valence-electron chi connectivity index (χ1n) is 13.6. The van der Waals surface area contributed by atoms with Crippen molar-refractivity contribution in [3.05, 3.63) is 58.8 Å². The van der Waals surface area contributed by atoms with Gasteiger partial charge in [0, 0.05) is 76.7 Å². The lowest BCUT2D eigenvalue weighted by Gasteiger charge is -2.29. The van der Waals surface area contributed by atoms with Gasteiger partial charge < -0.3 is 14.8 Å². The number of anilines is 1. The van der Waals surface area contributed by atoms with Crippen LogP contribution in [0.1, 0.15) is 38.8 Å². The minimum Gasteiger partial charge on any atom is -0.473 e. The summed E-state index contributed by atoms with van der Waals surface area (Å²) in [5.74, 6) is 1.30. The van der Waals surface area contributed by atoms with E-state index in [2.05, 4.69) is 43.2 Å². The van der Waals surface area contributed by atoms with Gasteiger partial charge in [0.05, 0.1) is 30.5 Å². The van der Waals surface area contributed by atoms with E-state index in [9.17, 15) is 4.79 Å². The predicted molar refractivity (Wildman–Crippen MR) is 150 cm³/mol. The molecule has 1 aliphatic heterocycles. The molecule has 2 aliphatic rings. The molecular formula is C28H36N8O3. The number of aromatic nitrogens is 6. The van der Waals surface area contributed by atoms with Crippen LogP contribution in [0, 0.1) is 0 Å². The van der Waals surface area contributed by atoms with Crippen LogP contribution in [-0.4, -0.2) is 73.9 Å². The van der Waals surface area contributed by atoms with Gasteiger partial charge in [-0.3, -0.25) is 19.4 Å². The maximum absolute atomic E-state index is 11.6. The van der Waals surface area contributed by atoms with E-state index in [1.807, 2.05) is 19.4 Å². The third kappa shape index (κ3) is 5.50. The Kier molecular flexibility index (Phi) is 7.25. The third-order valence-electron chi connectivity index (χ3n) is 7.65. The lowest BCUT2D eigenvalue weighted by molar-refractivity contribution is 0.0336. The van der Waals surface area contributed by atoms with Gasteiger partial charge in [-0.15, -0.1) is 5.10 Å². The number of nitrogens with zero attached hydrogens (tertiary/aromatic N) is 7. The summed E-state index contributed by atoms with van der Waals surface area (Å²) in [4.78, 5) is 23.4. The molecule has 39 heavy (non-hydrogen) atoms. The normalized spacial score (nSPS) is 20.3. The second-order valence-corrected chi connectivity index (χ2v) is 10.2. The minimum atomic E-state index is -0.148. The van der Waals surface area contributed by atoms with E-state index in [-0.39, 0.29) is 19.1 Å². The smallest absolute Gasteiger partial charge is 0.266 e. The summed E-state index contributed by atoms with van der Waals surface area (Å²) in [5, 5.41) is 13.5. The van der Waals surface area contributed by atoms with E-state index < -0.39 is 0 Å². The zero-order valence-electron chi connectivity index (χ0n) is 22.4. The molecule has 4 aromatic rings. The van der Waals surface area contributed by atoms with E-state index >= 15 is 0 Å². The molecule has 0 aromatic carbocycles. The maximum atomic E-state index is 11.6. The first-order valence-corrected chi connectivity index (χ1v) is 13.6. The Bertz CT molecular complexity index is 1490. The number of ether oxygens (including phenoxy) is 2. The molecule has 0 atom stereocenters. The van der Waals surface area contributed by atoms with E-state index in [1.165, 1.54) is 10.7 Å². The molecule has 6 rings (SSSR count). The van der Waals surface area contributed by atoms with Crippen molar-refractivity contribution >= 4 is 16.7 Å². The first-order chi connectivity index (χ1) is 19.1. The molecule has 0 radical (unpaired) electrons. The Balaban J connectivity index is 0.00000323. The highest BCUT2D eigenvalue weighted by molar-refractivity contribution is 5.93. The van der Waals surface area contributed by atoms with Crippen LogP contribution in [0.4, 0.5) is 5.82 Å². The molecule has 0 spiro atoms. The third-order valence-corrected chi connectivity index (χ3v) is 7.65. The van der Waals surface area contributed by atoms with Crippen molar-refractivity contribution in [3.63, 3.8) is 0 Å². The standard InChI is InChI=1S/C28H34N8O3.H2/c1-29-25-15-24-23(17-31-25)28(19-3-4-20(30-16-19)18-35-11-13-38-14-12-35)33-36(24)21-5-7-22(8-6-21)39-26-9-10-27(37)34(2)32-26;/h3-4,9-10,15-17,21-22H,5-8,11-14,18H2,1-2H3,(H,29,31);1H. The van der Waals surface area contributed by atoms with Crippen molar-refractivity contribution in [2.24, 2.45) is 7.05 Å². The molecule has 206 valence electrons. The van der Waals surface area contributed by atoms with Crippen molar-refractivity contribution in [1.82, 2.24) is 34.4 Å². The van der Waals surface area contributed by atoms with E-state index in [0.29, 0.717) is 5.88 Å². The average Bonchev–Trinajstić information content (AvgIpc) is 3.35. The molecule has 0 amide bonds. The van der Waals surface area contributed by atoms with Crippen molar-refractivity contribution < 1.29 is 10.9 Å².